The molecule has 1 aromatic carbocycles. The van der Waals surface area contributed by atoms with E-state index in [1.807, 2.05) is 0 Å². The number of amides is 1. The maximum absolute atomic E-state index is 13.0. The number of carbonyl (C=O) groups is 1. The summed E-state index contributed by atoms with van der Waals surface area (Å²) in [5.41, 5.74) is 3.03. The Kier molecular flexibility index (Phi) is 3.03. The van der Waals surface area contributed by atoms with Crippen molar-refractivity contribution >= 4 is 21.8 Å². The van der Waals surface area contributed by atoms with E-state index in [0.29, 0.717) is 6.07 Å². The van der Waals surface area contributed by atoms with Gasteiger partial charge in [0.05, 0.1) is 0 Å². The van der Waals surface area contributed by atoms with Crippen molar-refractivity contribution in [2.45, 2.75) is 6.18 Å². The lowest BCUT2D eigenvalue weighted by Crippen LogP contribution is -2.15. The zero-order valence-electron chi connectivity index (χ0n) is 7.03. The van der Waals surface area contributed by atoms with Gasteiger partial charge in [0.1, 0.15) is 11.4 Å². The van der Waals surface area contributed by atoms with Crippen LogP contribution in [0.3, 0.4) is 0 Å². The second kappa shape index (κ2) is 3.80. The summed E-state index contributed by atoms with van der Waals surface area (Å²) in [5, 5.41) is 0. The van der Waals surface area contributed by atoms with Crippen molar-refractivity contribution in [3.8, 4) is 0 Å². The fraction of sp³-hybridized carbons (Fsp3) is 0.125. The average molecular weight is 286 g/mol. The first kappa shape index (κ1) is 12.0. The molecule has 0 saturated carbocycles. The molecule has 0 atom stereocenters. The molecule has 1 rings (SSSR count). The molecule has 2 N–H and O–H groups in total. The molecule has 0 aromatic heterocycles. The summed E-state index contributed by atoms with van der Waals surface area (Å²) in [6.45, 7) is 0. The van der Waals surface area contributed by atoms with Gasteiger partial charge in [-0.15, -0.1) is 0 Å². The summed E-state index contributed by atoms with van der Waals surface area (Å²) in [6, 6.07) is 1.28. The highest BCUT2D eigenvalue weighted by Crippen LogP contribution is 2.37. The number of halogens is 5. The Labute approximate surface area is 90.2 Å². The van der Waals surface area contributed by atoms with Gasteiger partial charge in [-0.25, -0.2) is 4.39 Å². The lowest BCUT2D eigenvalue weighted by Gasteiger charge is -2.10. The minimum atomic E-state index is -4.82. The highest BCUT2D eigenvalue weighted by Gasteiger charge is 2.36. The molecule has 0 aliphatic heterocycles. The van der Waals surface area contributed by atoms with Crippen molar-refractivity contribution in [1.29, 1.82) is 0 Å². The number of hydrogen-bond donors (Lipinski definition) is 1. The Hall–Kier alpha value is -1.11. The Balaban J connectivity index is 3.41. The lowest BCUT2D eigenvalue weighted by atomic mass is 10.1. The molecule has 2 nitrogen and oxygen atoms in total. The Morgan fingerprint density at radius 1 is 1.33 bits per heavy atom. The van der Waals surface area contributed by atoms with Crippen molar-refractivity contribution < 1.29 is 22.4 Å². The van der Waals surface area contributed by atoms with Crippen molar-refractivity contribution in [3.05, 3.63) is 33.5 Å². The number of carbonyl (C=O) groups excluding carboxylic acids is 1. The van der Waals surface area contributed by atoms with Gasteiger partial charge in [0, 0.05) is 10.0 Å². The van der Waals surface area contributed by atoms with E-state index in [1.54, 1.807) is 0 Å². The third-order valence-electron chi connectivity index (χ3n) is 1.61. The average Bonchev–Trinajstić information content (AvgIpc) is 1.99. The maximum atomic E-state index is 13.0. The van der Waals surface area contributed by atoms with Crippen LogP contribution in [0.4, 0.5) is 17.6 Å². The van der Waals surface area contributed by atoms with Gasteiger partial charge in [0.2, 0.25) is 5.91 Å². The van der Waals surface area contributed by atoms with E-state index in [9.17, 15) is 22.4 Å². The van der Waals surface area contributed by atoms with Gasteiger partial charge in [0.25, 0.3) is 0 Å². The van der Waals surface area contributed by atoms with Crippen molar-refractivity contribution in [1.82, 2.24) is 0 Å². The molecule has 0 saturated heterocycles. The highest BCUT2D eigenvalue weighted by atomic mass is 79.9. The van der Waals surface area contributed by atoms with Crippen molar-refractivity contribution in [2.24, 2.45) is 5.73 Å². The largest absolute Gasteiger partial charge is 0.420 e. The number of rotatable bonds is 1. The van der Waals surface area contributed by atoms with E-state index in [4.69, 9.17) is 5.73 Å². The Morgan fingerprint density at radius 3 is 2.20 bits per heavy atom. The third-order valence-corrected chi connectivity index (χ3v) is 2.24. The van der Waals surface area contributed by atoms with Gasteiger partial charge in [-0.1, -0.05) is 15.9 Å². The molecule has 7 heteroatoms. The number of nitrogens with two attached hydrogens (primary N) is 1. The molecule has 1 amide bonds. The van der Waals surface area contributed by atoms with Crippen LogP contribution in [0, 0.1) is 5.82 Å². The molecular formula is C8H4BrF4NO. The first-order valence-electron chi connectivity index (χ1n) is 3.59. The van der Waals surface area contributed by atoms with Crippen LogP contribution in [0.2, 0.25) is 0 Å². The van der Waals surface area contributed by atoms with Crippen molar-refractivity contribution in [2.75, 3.05) is 0 Å². The fourth-order valence-electron chi connectivity index (χ4n) is 0.986. The molecule has 82 valence electrons. The Bertz CT molecular complexity index is 393. The molecule has 0 aliphatic rings. The summed E-state index contributed by atoms with van der Waals surface area (Å²) < 4.78 is 49.2. The fourth-order valence-corrected chi connectivity index (χ4v) is 1.65. The molecule has 15 heavy (non-hydrogen) atoms. The zero-order valence-corrected chi connectivity index (χ0v) is 8.62. The zero-order chi connectivity index (χ0) is 11.8. The van der Waals surface area contributed by atoms with Gasteiger partial charge in [-0.05, 0) is 12.1 Å². The van der Waals surface area contributed by atoms with E-state index >= 15 is 0 Å². The predicted molar refractivity (Wildman–Crippen MR) is 47.6 cm³/mol. The third kappa shape index (κ3) is 2.47. The molecule has 1 aromatic rings. The van der Waals surface area contributed by atoms with Crippen LogP contribution in [0.1, 0.15) is 15.9 Å². The van der Waals surface area contributed by atoms with Crippen LogP contribution in [0.25, 0.3) is 0 Å². The summed E-state index contributed by atoms with van der Waals surface area (Å²) >= 11 is 2.53. The number of hydrogen-bond acceptors (Lipinski definition) is 1. The SMILES string of the molecule is NC(=O)c1cc(F)c(C(F)(F)F)c(Br)c1. The van der Waals surface area contributed by atoms with Gasteiger partial charge in [0.15, 0.2) is 0 Å². The lowest BCUT2D eigenvalue weighted by molar-refractivity contribution is -0.140. The molecule has 0 radical (unpaired) electrons. The second-order valence-corrected chi connectivity index (χ2v) is 3.53. The number of primary amides is 1. The smallest absolute Gasteiger partial charge is 0.366 e. The van der Waals surface area contributed by atoms with Gasteiger partial charge in [-0.2, -0.15) is 13.2 Å². The summed E-state index contributed by atoms with van der Waals surface area (Å²) in [5.74, 6) is -2.53. The van der Waals surface area contributed by atoms with Crippen LogP contribution in [-0.4, -0.2) is 5.91 Å². The quantitative estimate of drug-likeness (QED) is 0.792. The van der Waals surface area contributed by atoms with E-state index in [0.717, 1.165) is 6.07 Å². The van der Waals surface area contributed by atoms with Crippen LogP contribution in [0.15, 0.2) is 16.6 Å². The molecule has 0 aliphatic carbocycles. The minimum absolute atomic E-state index is 0.327. The molecule has 0 fully saturated rings. The van der Waals surface area contributed by atoms with E-state index in [1.165, 1.54) is 0 Å². The number of alkyl halides is 3. The molecular weight excluding hydrogens is 282 g/mol. The monoisotopic (exact) mass is 285 g/mol. The molecule has 0 bridgehead atoms. The van der Waals surface area contributed by atoms with E-state index in [2.05, 4.69) is 15.9 Å². The van der Waals surface area contributed by atoms with Crippen LogP contribution >= 0.6 is 15.9 Å². The molecule has 0 spiro atoms. The summed E-state index contributed by atoms with van der Waals surface area (Å²) in [6.07, 6.45) is -4.82. The predicted octanol–water partition coefficient (Wildman–Crippen LogP) is 2.71. The van der Waals surface area contributed by atoms with Crippen LogP contribution in [-0.2, 0) is 6.18 Å². The first-order valence-corrected chi connectivity index (χ1v) is 4.39. The van der Waals surface area contributed by atoms with Gasteiger partial charge in [-0.3, -0.25) is 4.79 Å². The van der Waals surface area contributed by atoms with Crippen molar-refractivity contribution in [3.63, 3.8) is 0 Å². The minimum Gasteiger partial charge on any atom is -0.366 e. The van der Waals surface area contributed by atoms with E-state index in [-0.39, 0.29) is 5.56 Å². The maximum Gasteiger partial charge on any atom is 0.420 e. The normalized spacial score (nSPS) is 11.5. The molecule has 0 unspecified atom stereocenters. The van der Waals surface area contributed by atoms with Crippen LogP contribution in [0.5, 0.6) is 0 Å². The first-order chi connectivity index (χ1) is 6.73. The standard InChI is InChI=1S/C8H4BrF4NO/c9-4-1-3(7(14)15)2-5(10)6(4)8(11,12)13/h1-2H,(H2,14,15). The molecule has 0 heterocycles. The number of benzene rings is 1. The topological polar surface area (TPSA) is 43.1 Å². The van der Waals surface area contributed by atoms with Gasteiger partial charge < -0.3 is 5.73 Å². The Morgan fingerprint density at radius 2 is 1.87 bits per heavy atom. The summed E-state index contributed by atoms with van der Waals surface area (Å²) in [7, 11) is 0. The summed E-state index contributed by atoms with van der Waals surface area (Å²) in [4.78, 5) is 10.6. The highest BCUT2D eigenvalue weighted by molar-refractivity contribution is 9.10. The van der Waals surface area contributed by atoms with E-state index < -0.39 is 27.9 Å². The van der Waals surface area contributed by atoms with Gasteiger partial charge >= 0.3 is 6.18 Å². The van der Waals surface area contributed by atoms with Crippen LogP contribution < -0.4 is 5.73 Å². The second-order valence-electron chi connectivity index (χ2n) is 2.68.